The van der Waals surface area contributed by atoms with Crippen LogP contribution in [0.15, 0.2) is 67.0 Å². The summed E-state index contributed by atoms with van der Waals surface area (Å²) >= 11 is 0. The normalized spacial score (nSPS) is 12.2. The number of ether oxygens (including phenoxy) is 1. The topological polar surface area (TPSA) is 41.1 Å². The van der Waals surface area contributed by atoms with E-state index in [0.29, 0.717) is 16.7 Å². The number of hydrogen-bond acceptors (Lipinski definition) is 3. The predicted molar refractivity (Wildman–Crippen MR) is 111 cm³/mol. The van der Waals surface area contributed by atoms with E-state index in [9.17, 15) is 4.39 Å². The summed E-state index contributed by atoms with van der Waals surface area (Å²) in [5.74, 6) is 6.53. The first-order valence-electron chi connectivity index (χ1n) is 8.89. The predicted octanol–water partition coefficient (Wildman–Crippen LogP) is 4.50. The fourth-order valence-corrected chi connectivity index (χ4v) is 2.85. The number of hydrogen-bond donors (Lipinski definition) is 1. The standard InChI is InChI=1S/C23H22FN3O/c1-5-6-22(27(3)4)16(2)28-21-11-8-17(9-12-21)7-10-20-14-18-13-19(24)15-25-23(18)26-20/h5-6,8-9,11-16H,1H2,2-4H3,(H,25,26)/b22-6+. The highest BCUT2D eigenvalue weighted by Gasteiger charge is 2.11. The highest BCUT2D eigenvalue weighted by Crippen LogP contribution is 2.18. The summed E-state index contributed by atoms with van der Waals surface area (Å²) in [4.78, 5) is 9.08. The number of aromatic nitrogens is 2. The maximum absolute atomic E-state index is 13.2. The van der Waals surface area contributed by atoms with Crippen molar-refractivity contribution in [2.24, 2.45) is 0 Å². The van der Waals surface area contributed by atoms with Crippen LogP contribution in [0.4, 0.5) is 4.39 Å². The molecule has 4 nitrogen and oxygen atoms in total. The Kier molecular flexibility index (Phi) is 5.81. The molecule has 0 fully saturated rings. The fraction of sp³-hybridized carbons (Fsp3) is 0.174. The molecule has 0 aliphatic carbocycles. The molecule has 5 heteroatoms. The first-order valence-corrected chi connectivity index (χ1v) is 8.89. The van der Waals surface area contributed by atoms with E-state index in [1.165, 1.54) is 12.3 Å². The van der Waals surface area contributed by atoms with Crippen molar-refractivity contribution in [3.05, 3.63) is 84.1 Å². The van der Waals surface area contributed by atoms with Crippen molar-refractivity contribution in [3.63, 3.8) is 0 Å². The summed E-state index contributed by atoms with van der Waals surface area (Å²) in [6, 6.07) is 10.8. The second-order valence-corrected chi connectivity index (χ2v) is 6.53. The maximum Gasteiger partial charge on any atom is 0.142 e. The van der Waals surface area contributed by atoms with Gasteiger partial charge >= 0.3 is 0 Å². The van der Waals surface area contributed by atoms with Gasteiger partial charge in [0.05, 0.1) is 17.6 Å². The second-order valence-electron chi connectivity index (χ2n) is 6.53. The SMILES string of the molecule is C=C/C=C(\C(C)Oc1ccc(C#Cc2cc3cc(F)cnc3[nH]2)cc1)N(C)C. The van der Waals surface area contributed by atoms with Crippen LogP contribution in [0, 0.1) is 17.7 Å². The summed E-state index contributed by atoms with van der Waals surface area (Å²) in [6.07, 6.45) is 4.76. The van der Waals surface area contributed by atoms with E-state index in [4.69, 9.17) is 4.74 Å². The molecule has 1 aromatic carbocycles. The van der Waals surface area contributed by atoms with Gasteiger partial charge in [-0.1, -0.05) is 18.6 Å². The molecule has 0 saturated carbocycles. The number of rotatable bonds is 5. The third-order valence-electron chi connectivity index (χ3n) is 4.17. The number of halogens is 1. The fourth-order valence-electron chi connectivity index (χ4n) is 2.85. The van der Waals surface area contributed by atoms with Gasteiger partial charge in [0, 0.05) is 25.0 Å². The minimum absolute atomic E-state index is 0.107. The van der Waals surface area contributed by atoms with Gasteiger partial charge in [0.15, 0.2) is 0 Å². The van der Waals surface area contributed by atoms with Gasteiger partial charge in [0.2, 0.25) is 0 Å². The van der Waals surface area contributed by atoms with Crippen molar-refractivity contribution in [3.8, 4) is 17.6 Å². The Bertz CT molecular complexity index is 1070. The first kappa shape index (κ1) is 19.2. The number of fused-ring (bicyclic) bond motifs is 1. The molecule has 0 aliphatic heterocycles. The van der Waals surface area contributed by atoms with Crippen molar-refractivity contribution in [2.75, 3.05) is 14.1 Å². The van der Waals surface area contributed by atoms with Crippen molar-refractivity contribution in [1.82, 2.24) is 14.9 Å². The summed E-state index contributed by atoms with van der Waals surface area (Å²) in [6.45, 7) is 5.74. The zero-order chi connectivity index (χ0) is 20.1. The molecule has 1 N–H and O–H groups in total. The monoisotopic (exact) mass is 375 g/mol. The molecule has 2 heterocycles. The van der Waals surface area contributed by atoms with Crippen molar-refractivity contribution in [2.45, 2.75) is 13.0 Å². The Morgan fingerprint density at radius 3 is 2.68 bits per heavy atom. The Balaban J connectivity index is 1.71. The van der Waals surface area contributed by atoms with Gasteiger partial charge in [0.25, 0.3) is 0 Å². The van der Waals surface area contributed by atoms with Crippen LogP contribution < -0.4 is 4.74 Å². The summed E-state index contributed by atoms with van der Waals surface area (Å²) in [5, 5.41) is 0.700. The van der Waals surface area contributed by atoms with Gasteiger partial charge in [-0.3, -0.25) is 0 Å². The minimum atomic E-state index is -0.365. The largest absolute Gasteiger partial charge is 0.485 e. The van der Waals surface area contributed by atoms with Crippen LogP contribution in [0.1, 0.15) is 18.2 Å². The van der Waals surface area contributed by atoms with E-state index in [1.807, 2.05) is 56.3 Å². The molecule has 1 atom stereocenters. The van der Waals surface area contributed by atoms with E-state index < -0.39 is 0 Å². The zero-order valence-corrected chi connectivity index (χ0v) is 16.2. The molecule has 0 amide bonds. The highest BCUT2D eigenvalue weighted by molar-refractivity contribution is 5.77. The van der Waals surface area contributed by atoms with E-state index in [-0.39, 0.29) is 11.9 Å². The Hall–Kier alpha value is -3.52. The molecular weight excluding hydrogens is 353 g/mol. The molecule has 2 aromatic heterocycles. The molecule has 3 rings (SSSR count). The second kappa shape index (κ2) is 8.45. The first-order chi connectivity index (χ1) is 13.5. The molecule has 0 aliphatic rings. The van der Waals surface area contributed by atoms with Crippen LogP contribution in [-0.2, 0) is 0 Å². The third-order valence-corrected chi connectivity index (χ3v) is 4.17. The minimum Gasteiger partial charge on any atom is -0.485 e. The molecular formula is C23H22FN3O. The van der Waals surface area contributed by atoms with Crippen LogP contribution in [-0.4, -0.2) is 35.1 Å². The maximum atomic E-state index is 13.2. The Labute approximate surface area is 164 Å². The third kappa shape index (κ3) is 4.60. The van der Waals surface area contributed by atoms with Crippen LogP contribution >= 0.6 is 0 Å². The lowest BCUT2D eigenvalue weighted by Gasteiger charge is -2.24. The number of benzene rings is 1. The number of H-pyrrole nitrogens is 1. The van der Waals surface area contributed by atoms with E-state index in [0.717, 1.165) is 17.0 Å². The summed E-state index contributed by atoms with van der Waals surface area (Å²) in [7, 11) is 3.95. The molecule has 0 spiro atoms. The smallest absolute Gasteiger partial charge is 0.142 e. The highest BCUT2D eigenvalue weighted by atomic mass is 19.1. The molecule has 1 unspecified atom stereocenters. The average Bonchev–Trinajstić information content (AvgIpc) is 3.07. The van der Waals surface area contributed by atoms with Crippen molar-refractivity contribution in [1.29, 1.82) is 0 Å². The Morgan fingerprint density at radius 2 is 2.00 bits per heavy atom. The van der Waals surface area contributed by atoms with Gasteiger partial charge in [0.1, 0.15) is 23.3 Å². The molecule has 3 aromatic rings. The van der Waals surface area contributed by atoms with Gasteiger partial charge < -0.3 is 14.6 Å². The Morgan fingerprint density at radius 1 is 1.25 bits per heavy atom. The lowest BCUT2D eigenvalue weighted by atomic mass is 10.2. The van der Waals surface area contributed by atoms with Crippen LogP contribution in [0.2, 0.25) is 0 Å². The average molecular weight is 375 g/mol. The van der Waals surface area contributed by atoms with Gasteiger partial charge in [-0.2, -0.15) is 0 Å². The number of allylic oxidation sites excluding steroid dienone is 2. The quantitative estimate of drug-likeness (QED) is 0.527. The molecule has 0 radical (unpaired) electrons. The number of likely N-dealkylation sites (N-methyl/N-ethyl adjacent to an activating group) is 1. The number of nitrogens with zero attached hydrogens (tertiary/aromatic N) is 2. The summed E-state index contributed by atoms with van der Waals surface area (Å²) < 4.78 is 19.2. The van der Waals surface area contributed by atoms with Crippen molar-refractivity contribution < 1.29 is 9.13 Å². The number of nitrogens with one attached hydrogen (secondary N) is 1. The van der Waals surface area contributed by atoms with Gasteiger partial charge in [-0.25, -0.2) is 9.37 Å². The summed E-state index contributed by atoms with van der Waals surface area (Å²) in [5.41, 5.74) is 3.19. The molecule has 142 valence electrons. The number of pyridine rings is 1. The zero-order valence-electron chi connectivity index (χ0n) is 16.2. The number of aromatic amines is 1. The van der Waals surface area contributed by atoms with E-state index in [2.05, 4.69) is 28.4 Å². The van der Waals surface area contributed by atoms with E-state index >= 15 is 0 Å². The van der Waals surface area contributed by atoms with Crippen LogP contribution in [0.5, 0.6) is 5.75 Å². The van der Waals surface area contributed by atoms with Crippen LogP contribution in [0.3, 0.4) is 0 Å². The molecule has 28 heavy (non-hydrogen) atoms. The van der Waals surface area contributed by atoms with Crippen molar-refractivity contribution >= 4 is 11.0 Å². The van der Waals surface area contributed by atoms with E-state index in [1.54, 1.807) is 12.1 Å². The molecule has 0 bridgehead atoms. The molecule has 0 saturated heterocycles. The van der Waals surface area contributed by atoms with Gasteiger partial charge in [-0.15, -0.1) is 0 Å². The van der Waals surface area contributed by atoms with Crippen LogP contribution in [0.25, 0.3) is 11.0 Å². The lowest BCUT2D eigenvalue weighted by molar-refractivity contribution is 0.222. The lowest BCUT2D eigenvalue weighted by Crippen LogP contribution is -2.25. The van der Waals surface area contributed by atoms with Gasteiger partial charge in [-0.05, 0) is 55.3 Å².